The predicted octanol–water partition coefficient (Wildman–Crippen LogP) is 3.75. The smallest absolute Gasteiger partial charge is 0.142 e. The summed E-state index contributed by atoms with van der Waals surface area (Å²) < 4.78 is 28.2. The Labute approximate surface area is 129 Å². The lowest BCUT2D eigenvalue weighted by molar-refractivity contribution is 0.122. The zero-order valence-corrected chi connectivity index (χ0v) is 12.8. The highest BCUT2D eigenvalue weighted by Gasteiger charge is 2.35. The van der Waals surface area contributed by atoms with Crippen LogP contribution in [0.25, 0.3) is 0 Å². The zero-order valence-electron chi connectivity index (χ0n) is 12.0. The summed E-state index contributed by atoms with van der Waals surface area (Å²) in [6.45, 7) is 3.48. The number of benzene rings is 1. The van der Waals surface area contributed by atoms with Crippen LogP contribution in [0.3, 0.4) is 0 Å². The van der Waals surface area contributed by atoms with Gasteiger partial charge in [-0.1, -0.05) is 24.4 Å². The quantitative estimate of drug-likeness (QED) is 0.855. The molecule has 0 unspecified atom stereocenters. The van der Waals surface area contributed by atoms with Gasteiger partial charge in [-0.05, 0) is 30.9 Å². The molecule has 1 saturated heterocycles. The van der Waals surface area contributed by atoms with Gasteiger partial charge in [-0.25, -0.2) is 8.78 Å². The summed E-state index contributed by atoms with van der Waals surface area (Å²) in [5, 5.41) is 3.27. The molecule has 1 aliphatic carbocycles. The van der Waals surface area contributed by atoms with Crippen molar-refractivity contribution in [2.24, 2.45) is 5.92 Å². The summed E-state index contributed by atoms with van der Waals surface area (Å²) in [7, 11) is 0. The lowest BCUT2D eigenvalue weighted by Gasteiger charge is -2.39. The van der Waals surface area contributed by atoms with Crippen molar-refractivity contribution in [3.8, 4) is 0 Å². The Morgan fingerprint density at radius 1 is 1.10 bits per heavy atom. The molecular formula is C16H21ClF2N2. The summed E-state index contributed by atoms with van der Waals surface area (Å²) in [5.41, 5.74) is 0.366. The van der Waals surface area contributed by atoms with Gasteiger partial charge in [0.15, 0.2) is 0 Å². The van der Waals surface area contributed by atoms with E-state index < -0.39 is 5.82 Å². The van der Waals surface area contributed by atoms with E-state index in [1.165, 1.54) is 18.9 Å². The molecule has 2 fully saturated rings. The number of hydrogen-bond acceptors (Lipinski definition) is 2. The Morgan fingerprint density at radius 2 is 1.71 bits per heavy atom. The first-order chi connectivity index (χ1) is 10.2. The van der Waals surface area contributed by atoms with E-state index in [1.54, 1.807) is 0 Å². The molecule has 1 saturated carbocycles. The summed E-state index contributed by atoms with van der Waals surface area (Å²) in [6, 6.07) is 2.23. The first kappa shape index (κ1) is 15.2. The largest absolute Gasteiger partial charge is 0.314 e. The van der Waals surface area contributed by atoms with Crippen molar-refractivity contribution in [2.45, 2.75) is 31.7 Å². The van der Waals surface area contributed by atoms with Gasteiger partial charge in [0.25, 0.3) is 0 Å². The first-order valence-corrected chi connectivity index (χ1v) is 8.14. The molecule has 1 aliphatic heterocycles. The maximum Gasteiger partial charge on any atom is 0.142 e. The molecule has 0 bridgehead atoms. The SMILES string of the molecule is Fc1ccc(F)c([C@@H](C2CCCC2)N2CCNCC2)c1Cl. The Kier molecular flexibility index (Phi) is 4.77. The third-order valence-electron chi connectivity index (χ3n) is 4.77. The van der Waals surface area contributed by atoms with Gasteiger partial charge in [-0.3, -0.25) is 4.90 Å². The molecule has 3 rings (SSSR count). The molecule has 0 spiro atoms. The second-order valence-electron chi connectivity index (χ2n) is 6.03. The molecule has 5 heteroatoms. The Bertz CT molecular complexity index is 497. The maximum atomic E-state index is 14.4. The third kappa shape index (κ3) is 3.08. The van der Waals surface area contributed by atoms with E-state index in [1.807, 2.05) is 0 Å². The Morgan fingerprint density at radius 3 is 2.38 bits per heavy atom. The minimum absolute atomic E-state index is 0.0366. The normalized spacial score (nSPS) is 22.6. The summed E-state index contributed by atoms with van der Waals surface area (Å²) >= 11 is 6.13. The van der Waals surface area contributed by atoms with Gasteiger partial charge >= 0.3 is 0 Å². The van der Waals surface area contributed by atoms with E-state index >= 15 is 0 Å². The average Bonchev–Trinajstić information content (AvgIpc) is 3.02. The van der Waals surface area contributed by atoms with Gasteiger partial charge in [0.2, 0.25) is 0 Å². The molecule has 0 radical (unpaired) electrons. The van der Waals surface area contributed by atoms with Crippen LogP contribution in [0.2, 0.25) is 5.02 Å². The van der Waals surface area contributed by atoms with Crippen molar-refractivity contribution in [1.29, 1.82) is 0 Å². The van der Waals surface area contributed by atoms with Gasteiger partial charge in [-0.2, -0.15) is 0 Å². The number of halogens is 3. The molecule has 1 aromatic carbocycles. The van der Waals surface area contributed by atoms with Crippen molar-refractivity contribution in [3.05, 3.63) is 34.4 Å². The van der Waals surface area contributed by atoms with E-state index in [4.69, 9.17) is 11.6 Å². The highest BCUT2D eigenvalue weighted by molar-refractivity contribution is 6.31. The van der Waals surface area contributed by atoms with Crippen LogP contribution in [-0.2, 0) is 0 Å². The lowest BCUT2D eigenvalue weighted by Crippen LogP contribution is -2.47. The number of hydrogen-bond donors (Lipinski definition) is 1. The van der Waals surface area contributed by atoms with Crippen LogP contribution < -0.4 is 5.32 Å². The summed E-state index contributed by atoms with van der Waals surface area (Å²) in [4.78, 5) is 2.27. The minimum Gasteiger partial charge on any atom is -0.314 e. The van der Waals surface area contributed by atoms with Crippen LogP contribution in [0.4, 0.5) is 8.78 Å². The standard InChI is InChI=1S/C16H21ClF2N2/c17-15-13(19)6-5-12(18)14(15)16(11-3-1-2-4-11)21-9-7-20-8-10-21/h5-6,11,16,20H,1-4,7-10H2/t16-/m1/s1. The number of rotatable bonds is 3. The summed E-state index contributed by atoms with van der Waals surface area (Å²) in [6.07, 6.45) is 4.48. The molecule has 1 atom stereocenters. The number of nitrogens with one attached hydrogen (secondary N) is 1. The average molecular weight is 315 g/mol. The lowest BCUT2D eigenvalue weighted by atomic mass is 9.89. The fourth-order valence-electron chi connectivity index (χ4n) is 3.76. The van der Waals surface area contributed by atoms with Crippen molar-refractivity contribution in [2.75, 3.05) is 26.2 Å². The van der Waals surface area contributed by atoms with Crippen LogP contribution in [0, 0.1) is 17.6 Å². The fraction of sp³-hybridized carbons (Fsp3) is 0.625. The topological polar surface area (TPSA) is 15.3 Å². The van der Waals surface area contributed by atoms with Crippen LogP contribution >= 0.6 is 11.6 Å². The fourth-order valence-corrected chi connectivity index (χ4v) is 4.03. The molecule has 0 amide bonds. The number of nitrogens with zero attached hydrogens (tertiary/aromatic N) is 1. The molecule has 1 heterocycles. The zero-order chi connectivity index (χ0) is 14.8. The highest BCUT2D eigenvalue weighted by atomic mass is 35.5. The van der Waals surface area contributed by atoms with E-state index in [-0.39, 0.29) is 16.9 Å². The van der Waals surface area contributed by atoms with Crippen molar-refractivity contribution in [3.63, 3.8) is 0 Å². The second-order valence-corrected chi connectivity index (χ2v) is 6.41. The molecular weight excluding hydrogens is 294 g/mol. The summed E-state index contributed by atoms with van der Waals surface area (Å²) in [5.74, 6) is -0.528. The second kappa shape index (κ2) is 6.59. The van der Waals surface area contributed by atoms with Crippen molar-refractivity contribution < 1.29 is 8.78 Å². The molecule has 2 nitrogen and oxygen atoms in total. The van der Waals surface area contributed by atoms with Crippen LogP contribution in [-0.4, -0.2) is 31.1 Å². The van der Waals surface area contributed by atoms with Gasteiger partial charge in [0.05, 0.1) is 5.02 Å². The van der Waals surface area contributed by atoms with Crippen LogP contribution in [0.15, 0.2) is 12.1 Å². The van der Waals surface area contributed by atoms with E-state index in [2.05, 4.69) is 10.2 Å². The van der Waals surface area contributed by atoms with E-state index in [0.29, 0.717) is 11.5 Å². The van der Waals surface area contributed by atoms with Crippen LogP contribution in [0.1, 0.15) is 37.3 Å². The Hall–Kier alpha value is -0.710. The first-order valence-electron chi connectivity index (χ1n) is 7.76. The molecule has 1 N–H and O–H groups in total. The Balaban J connectivity index is 1.99. The van der Waals surface area contributed by atoms with Crippen molar-refractivity contribution in [1.82, 2.24) is 10.2 Å². The van der Waals surface area contributed by atoms with Gasteiger partial charge in [-0.15, -0.1) is 0 Å². The molecule has 2 aliphatic rings. The minimum atomic E-state index is -0.522. The van der Waals surface area contributed by atoms with Gasteiger partial charge in [0, 0.05) is 37.8 Å². The highest BCUT2D eigenvalue weighted by Crippen LogP contribution is 2.43. The van der Waals surface area contributed by atoms with Gasteiger partial charge in [0.1, 0.15) is 11.6 Å². The molecule has 21 heavy (non-hydrogen) atoms. The van der Waals surface area contributed by atoms with E-state index in [9.17, 15) is 8.78 Å². The monoisotopic (exact) mass is 314 g/mol. The van der Waals surface area contributed by atoms with Crippen LogP contribution in [0.5, 0.6) is 0 Å². The molecule has 116 valence electrons. The van der Waals surface area contributed by atoms with E-state index in [0.717, 1.165) is 45.1 Å². The molecule has 0 aromatic heterocycles. The van der Waals surface area contributed by atoms with Crippen molar-refractivity contribution >= 4 is 11.6 Å². The molecule has 1 aromatic rings. The predicted molar refractivity (Wildman–Crippen MR) is 80.5 cm³/mol. The third-order valence-corrected chi connectivity index (χ3v) is 5.15. The van der Waals surface area contributed by atoms with Gasteiger partial charge < -0.3 is 5.32 Å². The maximum absolute atomic E-state index is 14.4. The number of piperazine rings is 1.